The number of likely N-dealkylation sites (tertiary alicyclic amines) is 2. The van der Waals surface area contributed by atoms with E-state index in [1.165, 1.54) is 0 Å². The number of fused-ring (bicyclic) bond motifs is 1. The van der Waals surface area contributed by atoms with E-state index < -0.39 is 17.0 Å². The molecule has 2 unspecified atom stereocenters. The fraction of sp³-hybridized carbons (Fsp3) is 0.433. The van der Waals surface area contributed by atoms with Crippen LogP contribution in [0.25, 0.3) is 10.9 Å². The number of rotatable bonds is 6. The Bertz CT molecular complexity index is 1340. The Morgan fingerprint density at radius 2 is 1.87 bits per heavy atom. The highest BCUT2D eigenvalue weighted by Crippen LogP contribution is 2.49. The van der Waals surface area contributed by atoms with E-state index in [0.29, 0.717) is 26.1 Å². The van der Waals surface area contributed by atoms with E-state index in [1.54, 1.807) is 23.6 Å². The molecular formula is C30H37N5O3. The summed E-state index contributed by atoms with van der Waals surface area (Å²) in [6.45, 7) is 4.76. The molecular weight excluding hydrogens is 478 g/mol. The second-order valence-electron chi connectivity index (χ2n) is 11.5. The van der Waals surface area contributed by atoms with Crippen LogP contribution < -0.4 is 11.1 Å². The van der Waals surface area contributed by atoms with Crippen molar-refractivity contribution in [1.82, 2.24) is 20.1 Å². The quantitative estimate of drug-likeness (QED) is 0.469. The monoisotopic (exact) mass is 515 g/mol. The highest BCUT2D eigenvalue weighted by Gasteiger charge is 2.55. The first-order chi connectivity index (χ1) is 18.1. The van der Waals surface area contributed by atoms with Gasteiger partial charge in [-0.05, 0) is 43.9 Å². The van der Waals surface area contributed by atoms with Gasteiger partial charge in [0.05, 0.1) is 11.0 Å². The minimum atomic E-state index is -1.13. The summed E-state index contributed by atoms with van der Waals surface area (Å²) in [5, 5.41) is 3.95. The number of aromatic amines is 1. The number of piperidine rings is 1. The number of benzene rings is 2. The highest BCUT2D eigenvalue weighted by molar-refractivity contribution is 5.93. The van der Waals surface area contributed by atoms with Crippen LogP contribution in [0.1, 0.15) is 43.7 Å². The molecule has 4 N–H and O–H groups in total. The predicted octanol–water partition coefficient (Wildman–Crippen LogP) is 2.80. The molecule has 0 saturated carbocycles. The average Bonchev–Trinajstić information content (AvgIpc) is 3.42. The first-order valence-corrected chi connectivity index (χ1v) is 13.3. The Hall–Kier alpha value is -3.65. The molecule has 3 aromatic rings. The van der Waals surface area contributed by atoms with E-state index in [0.717, 1.165) is 34.9 Å². The number of carbonyl (C=O) groups is 3. The number of H-pyrrole nitrogens is 1. The largest absolute Gasteiger partial charge is 0.361 e. The number of likely N-dealkylation sites (N-methyl/N-ethyl adjacent to an activating group) is 1. The van der Waals surface area contributed by atoms with Crippen molar-refractivity contribution in [3.05, 3.63) is 71.9 Å². The minimum absolute atomic E-state index is 0.00133. The standard InChI is InChI=1S/C30H37N5O3/c1-29(2,31)27(37)33-25(16-21-17-32-24-13-8-7-12-22(21)24)26(36)35-15-9-14-30(19-35)23(18-34(3)28(30)38)20-10-5-4-6-11-20/h4-8,10-13,17,23,25,32H,9,14-16,18-19,31H2,1-3H3,(H,33,37)/t23?,25-,30?/m1/s1. The molecule has 2 aliphatic heterocycles. The first kappa shape index (κ1) is 26.0. The van der Waals surface area contributed by atoms with Crippen LogP contribution in [0.4, 0.5) is 0 Å². The van der Waals surface area contributed by atoms with Gasteiger partial charge >= 0.3 is 0 Å². The van der Waals surface area contributed by atoms with Crippen molar-refractivity contribution < 1.29 is 14.4 Å². The molecule has 3 heterocycles. The van der Waals surface area contributed by atoms with Gasteiger partial charge in [-0.3, -0.25) is 14.4 Å². The lowest BCUT2D eigenvalue weighted by atomic mass is 9.69. The number of nitrogens with two attached hydrogens (primary N) is 1. The van der Waals surface area contributed by atoms with Crippen LogP contribution in [0.15, 0.2) is 60.8 Å². The van der Waals surface area contributed by atoms with Gasteiger partial charge in [-0.1, -0.05) is 48.5 Å². The lowest BCUT2D eigenvalue weighted by molar-refractivity contribution is -0.145. The van der Waals surface area contributed by atoms with Crippen LogP contribution >= 0.6 is 0 Å². The van der Waals surface area contributed by atoms with E-state index >= 15 is 0 Å². The second kappa shape index (κ2) is 9.91. The zero-order valence-corrected chi connectivity index (χ0v) is 22.4. The molecule has 5 rings (SSSR count). The van der Waals surface area contributed by atoms with Gasteiger partial charge in [0.15, 0.2) is 0 Å². The van der Waals surface area contributed by atoms with Gasteiger partial charge in [-0.15, -0.1) is 0 Å². The predicted molar refractivity (Wildman–Crippen MR) is 147 cm³/mol. The number of para-hydroxylation sites is 1. The van der Waals surface area contributed by atoms with E-state index in [2.05, 4.69) is 22.4 Å². The molecule has 8 nitrogen and oxygen atoms in total. The van der Waals surface area contributed by atoms with Crippen LogP contribution in [0.2, 0.25) is 0 Å². The summed E-state index contributed by atoms with van der Waals surface area (Å²) < 4.78 is 0. The maximum Gasteiger partial charge on any atom is 0.245 e. The summed E-state index contributed by atoms with van der Waals surface area (Å²) >= 11 is 0. The third kappa shape index (κ3) is 4.69. The Kier molecular flexibility index (Phi) is 6.77. The number of aromatic nitrogens is 1. The number of nitrogens with zero attached hydrogens (tertiary/aromatic N) is 2. The first-order valence-electron chi connectivity index (χ1n) is 13.3. The van der Waals surface area contributed by atoms with Crippen LogP contribution in [0.3, 0.4) is 0 Å². The molecule has 2 aromatic carbocycles. The Labute approximate surface area is 223 Å². The number of hydrogen-bond donors (Lipinski definition) is 3. The third-order valence-electron chi connectivity index (χ3n) is 8.22. The van der Waals surface area contributed by atoms with Gasteiger partial charge in [0, 0.05) is 56.1 Å². The zero-order chi connectivity index (χ0) is 27.1. The van der Waals surface area contributed by atoms with Crippen molar-refractivity contribution in [3.8, 4) is 0 Å². The molecule has 2 aliphatic rings. The molecule has 3 atom stereocenters. The fourth-order valence-corrected chi connectivity index (χ4v) is 6.19. The number of carbonyl (C=O) groups excluding carboxylic acids is 3. The van der Waals surface area contributed by atoms with Crippen LogP contribution in [-0.2, 0) is 20.8 Å². The van der Waals surface area contributed by atoms with E-state index in [4.69, 9.17) is 5.73 Å². The maximum absolute atomic E-state index is 14.1. The highest BCUT2D eigenvalue weighted by atomic mass is 16.2. The summed E-state index contributed by atoms with van der Waals surface area (Å²) in [5.41, 5.74) is 7.31. The molecule has 8 heteroatoms. The van der Waals surface area contributed by atoms with Gasteiger partial charge < -0.3 is 25.8 Å². The number of nitrogens with one attached hydrogen (secondary N) is 2. The average molecular weight is 516 g/mol. The second-order valence-corrected chi connectivity index (χ2v) is 11.5. The normalized spacial score (nSPS) is 22.7. The van der Waals surface area contributed by atoms with Crippen molar-refractivity contribution in [2.24, 2.45) is 11.1 Å². The summed E-state index contributed by atoms with van der Waals surface area (Å²) in [6, 6.07) is 17.2. The van der Waals surface area contributed by atoms with Crippen molar-refractivity contribution in [3.63, 3.8) is 0 Å². The Balaban J connectivity index is 1.45. The third-order valence-corrected chi connectivity index (χ3v) is 8.22. The lowest BCUT2D eigenvalue weighted by Crippen LogP contribution is -2.59. The van der Waals surface area contributed by atoms with E-state index in [9.17, 15) is 14.4 Å². The van der Waals surface area contributed by atoms with Crippen LogP contribution in [0.5, 0.6) is 0 Å². The van der Waals surface area contributed by atoms with Gasteiger partial charge in [0.1, 0.15) is 6.04 Å². The fourth-order valence-electron chi connectivity index (χ4n) is 6.19. The van der Waals surface area contributed by atoms with Gasteiger partial charge in [-0.2, -0.15) is 0 Å². The topological polar surface area (TPSA) is 112 Å². The van der Waals surface area contributed by atoms with E-state index in [-0.39, 0.29) is 23.6 Å². The molecule has 1 aromatic heterocycles. The van der Waals surface area contributed by atoms with Crippen molar-refractivity contribution in [2.45, 2.75) is 50.6 Å². The summed E-state index contributed by atoms with van der Waals surface area (Å²) in [5.74, 6) is -0.479. The smallest absolute Gasteiger partial charge is 0.245 e. The summed E-state index contributed by atoms with van der Waals surface area (Å²) in [6.07, 6.45) is 3.67. The Morgan fingerprint density at radius 3 is 2.61 bits per heavy atom. The molecule has 0 aliphatic carbocycles. The number of amides is 3. The van der Waals surface area contributed by atoms with Crippen molar-refractivity contribution >= 4 is 28.6 Å². The van der Waals surface area contributed by atoms with Crippen LogP contribution in [0, 0.1) is 5.41 Å². The lowest BCUT2D eigenvalue weighted by Gasteiger charge is -2.43. The SMILES string of the molecule is CN1CC(c2ccccc2)C2(CCCN(C(=O)[C@@H](Cc3c[nH]c4ccccc34)NC(=O)C(C)(C)N)C2)C1=O. The van der Waals surface area contributed by atoms with E-state index in [1.807, 2.05) is 55.7 Å². The van der Waals surface area contributed by atoms with Gasteiger partial charge in [0.25, 0.3) is 0 Å². The minimum Gasteiger partial charge on any atom is -0.361 e. The Morgan fingerprint density at radius 1 is 1.16 bits per heavy atom. The number of hydrogen-bond acceptors (Lipinski definition) is 4. The molecule has 38 heavy (non-hydrogen) atoms. The zero-order valence-electron chi connectivity index (χ0n) is 22.4. The van der Waals surface area contributed by atoms with Crippen LogP contribution in [-0.4, -0.2) is 70.8 Å². The summed E-state index contributed by atoms with van der Waals surface area (Å²) in [7, 11) is 1.84. The molecule has 1 spiro atoms. The molecule has 3 amide bonds. The van der Waals surface area contributed by atoms with Crippen molar-refractivity contribution in [1.29, 1.82) is 0 Å². The molecule has 2 saturated heterocycles. The van der Waals surface area contributed by atoms with Gasteiger partial charge in [-0.25, -0.2) is 0 Å². The summed E-state index contributed by atoms with van der Waals surface area (Å²) in [4.78, 5) is 47.6. The molecule has 0 radical (unpaired) electrons. The van der Waals surface area contributed by atoms with Crippen molar-refractivity contribution in [2.75, 3.05) is 26.7 Å². The maximum atomic E-state index is 14.1. The molecule has 200 valence electrons. The van der Waals surface area contributed by atoms with Gasteiger partial charge in [0.2, 0.25) is 17.7 Å². The molecule has 2 fully saturated rings. The molecule has 0 bridgehead atoms.